The lowest BCUT2D eigenvalue weighted by molar-refractivity contribution is 0.323. The fraction of sp³-hybridized carbons (Fsp3) is 0.333. The fourth-order valence-corrected chi connectivity index (χ4v) is 0.437. The summed E-state index contributed by atoms with van der Waals surface area (Å²) in [4.78, 5) is 0. The lowest BCUT2D eigenvalue weighted by Gasteiger charge is -1.98. The van der Waals surface area contributed by atoms with Crippen LogP contribution in [0.2, 0.25) is 0 Å². The van der Waals surface area contributed by atoms with Crippen molar-refractivity contribution in [2.45, 2.75) is 6.85 Å². The minimum atomic E-state index is -2.89. The van der Waals surface area contributed by atoms with Crippen LogP contribution in [-0.2, 0) is 0 Å². The highest BCUT2D eigenvalue weighted by molar-refractivity contribution is 5.27. The Kier molecular flexibility index (Phi) is 0.822. The predicted molar refractivity (Wildman–Crippen MR) is 37.6 cm³/mol. The molecule has 0 aromatic carbocycles. The summed E-state index contributed by atoms with van der Waals surface area (Å²) in [6.45, 7) is -5.70. The number of rotatable bonds is 2. The van der Waals surface area contributed by atoms with Gasteiger partial charge in [0, 0.05) is 10.2 Å². The normalized spacial score (nSPS) is 19.4. The first-order chi connectivity index (χ1) is 6.72. The van der Waals surface area contributed by atoms with Crippen LogP contribution in [-0.4, -0.2) is 16.8 Å². The van der Waals surface area contributed by atoms with Crippen molar-refractivity contribution < 1.29 is 11.6 Å². The second-order valence-electron chi connectivity index (χ2n) is 1.50. The molecule has 0 atom stereocenters. The molecule has 1 heterocycles. The quantitative estimate of drug-likeness (QED) is 0.655. The van der Waals surface area contributed by atoms with Gasteiger partial charge in [0.25, 0.3) is 0 Å². The summed E-state index contributed by atoms with van der Waals surface area (Å²) in [5.41, 5.74) is 5.24. The van der Waals surface area contributed by atoms with Crippen molar-refractivity contribution in [2.24, 2.45) is 0 Å². The first-order valence-corrected chi connectivity index (χ1v) is 2.50. The number of nitrogens with two attached hydrogens (primary N) is 1. The van der Waals surface area contributed by atoms with Gasteiger partial charge in [-0.2, -0.15) is 0 Å². The topological polar surface area (TPSA) is 61.0 Å². The van der Waals surface area contributed by atoms with E-state index in [1.165, 1.54) is 12.1 Å². The van der Waals surface area contributed by atoms with Crippen LogP contribution < -0.4 is 10.5 Å². The van der Waals surface area contributed by atoms with Crippen LogP contribution in [0, 0.1) is 0 Å². The molecular formula is C6H9N3O. The van der Waals surface area contributed by atoms with Crippen molar-refractivity contribution in [3.05, 3.63) is 12.1 Å². The molecule has 4 nitrogen and oxygen atoms in total. The number of hydrogen-bond donors (Lipinski definition) is 1. The number of ether oxygens (including phenoxy) is 1. The fourth-order valence-electron chi connectivity index (χ4n) is 0.437. The maximum absolute atomic E-state index is 7.15. The molecule has 10 heavy (non-hydrogen) atoms. The molecule has 0 aliphatic heterocycles. The largest absolute Gasteiger partial charge is 0.477 e. The Morgan fingerprint density at radius 2 is 2.70 bits per heavy atom. The summed E-state index contributed by atoms with van der Waals surface area (Å²) < 4.78 is 39.5. The van der Waals surface area contributed by atoms with Crippen molar-refractivity contribution in [1.82, 2.24) is 10.2 Å². The van der Waals surface area contributed by atoms with Gasteiger partial charge in [-0.05, 0) is 12.9 Å². The van der Waals surface area contributed by atoms with Crippen LogP contribution in [0.5, 0.6) is 5.88 Å². The van der Waals surface area contributed by atoms with Gasteiger partial charge in [-0.1, -0.05) is 0 Å². The van der Waals surface area contributed by atoms with Crippen LogP contribution in [0.3, 0.4) is 0 Å². The Morgan fingerprint density at radius 1 is 1.80 bits per heavy atom. The number of hydrogen-bond acceptors (Lipinski definition) is 4. The number of aromatic nitrogens is 2. The maximum Gasteiger partial charge on any atom is 0.233 e. The van der Waals surface area contributed by atoms with E-state index in [2.05, 4.69) is 14.9 Å². The first-order valence-electron chi connectivity index (χ1n) is 5.00. The molecule has 54 valence electrons. The molecule has 0 saturated carbocycles. The lowest BCUT2D eigenvalue weighted by Crippen LogP contribution is -1.97. The number of nitrogen functional groups attached to an aromatic ring is 1. The van der Waals surface area contributed by atoms with E-state index in [0.29, 0.717) is 0 Å². The minimum absolute atomic E-state index is 0.136. The summed E-state index contributed by atoms with van der Waals surface area (Å²) >= 11 is 0. The molecule has 0 fully saturated rings. The van der Waals surface area contributed by atoms with Gasteiger partial charge < -0.3 is 10.5 Å². The molecule has 0 saturated heterocycles. The minimum Gasteiger partial charge on any atom is -0.477 e. The van der Waals surface area contributed by atoms with Gasteiger partial charge in [0.1, 0.15) is 5.82 Å². The average molecular weight is 144 g/mol. The van der Waals surface area contributed by atoms with Crippen molar-refractivity contribution in [2.75, 3.05) is 12.3 Å². The smallest absolute Gasteiger partial charge is 0.233 e. The third kappa shape index (κ3) is 1.58. The summed E-state index contributed by atoms with van der Waals surface area (Å²) in [6, 6.07) is 2.57. The molecule has 1 aromatic rings. The molecule has 0 spiro atoms. The molecule has 0 unspecified atom stereocenters. The molecule has 0 radical (unpaired) electrons. The predicted octanol–water partition coefficient (Wildman–Crippen LogP) is 0.458. The zero-order valence-corrected chi connectivity index (χ0v) is 5.03. The molecule has 0 bridgehead atoms. The van der Waals surface area contributed by atoms with E-state index in [0.717, 1.165) is 0 Å². The van der Waals surface area contributed by atoms with Gasteiger partial charge in [-0.3, -0.25) is 0 Å². The SMILES string of the molecule is [2H]C([2H])([2H])C([2H])([2H])Oc1ccc(N)nn1. The number of anilines is 1. The molecule has 1 aromatic heterocycles. The summed E-state index contributed by atoms with van der Waals surface area (Å²) in [5.74, 6) is -0.0953. The Morgan fingerprint density at radius 3 is 3.30 bits per heavy atom. The lowest BCUT2D eigenvalue weighted by atomic mass is 10.5. The zero-order chi connectivity index (χ0) is 11.7. The van der Waals surface area contributed by atoms with Crippen LogP contribution in [0.1, 0.15) is 13.7 Å². The summed E-state index contributed by atoms with van der Waals surface area (Å²) in [6.07, 6.45) is 0. The standard InChI is InChI=1S/C6H9N3O/c1-2-10-6-4-3-5(7)8-9-6/h3-4H,2H2,1H3,(H2,7,8)/i1D3,2D2. The Balaban J connectivity index is 2.82. The van der Waals surface area contributed by atoms with E-state index in [4.69, 9.17) is 12.6 Å². The number of nitrogens with zero attached hydrogens (tertiary/aromatic N) is 2. The maximum atomic E-state index is 7.15. The van der Waals surface area contributed by atoms with E-state index in [-0.39, 0.29) is 11.7 Å². The Labute approximate surface area is 66.0 Å². The van der Waals surface area contributed by atoms with Gasteiger partial charge in [0.2, 0.25) is 5.88 Å². The second kappa shape index (κ2) is 3.00. The van der Waals surface area contributed by atoms with Gasteiger partial charge in [-0.25, -0.2) is 0 Å². The third-order valence-corrected chi connectivity index (χ3v) is 0.816. The molecule has 0 aliphatic rings. The van der Waals surface area contributed by atoms with Gasteiger partial charge >= 0.3 is 0 Å². The highest BCUT2D eigenvalue weighted by atomic mass is 16.5. The van der Waals surface area contributed by atoms with Crippen molar-refractivity contribution in [1.29, 1.82) is 0 Å². The molecular weight excluding hydrogens is 130 g/mol. The van der Waals surface area contributed by atoms with E-state index < -0.39 is 13.4 Å². The molecule has 0 aliphatic carbocycles. The van der Waals surface area contributed by atoms with E-state index in [1.807, 2.05) is 0 Å². The van der Waals surface area contributed by atoms with Crippen LogP contribution in [0.15, 0.2) is 12.1 Å². The third-order valence-electron chi connectivity index (χ3n) is 0.816. The van der Waals surface area contributed by atoms with E-state index >= 15 is 0 Å². The van der Waals surface area contributed by atoms with Gasteiger partial charge in [-0.15, -0.1) is 10.2 Å². The van der Waals surface area contributed by atoms with Gasteiger partial charge in [0.05, 0.1) is 9.30 Å². The van der Waals surface area contributed by atoms with Gasteiger partial charge in [0.15, 0.2) is 0 Å². The summed E-state index contributed by atoms with van der Waals surface area (Å²) in [7, 11) is 0. The highest BCUT2D eigenvalue weighted by Gasteiger charge is 1.91. The zero-order valence-electron chi connectivity index (χ0n) is 10.0. The van der Waals surface area contributed by atoms with Crippen molar-refractivity contribution >= 4 is 5.82 Å². The molecule has 0 amide bonds. The van der Waals surface area contributed by atoms with Crippen LogP contribution >= 0.6 is 0 Å². The Hall–Kier alpha value is -1.32. The van der Waals surface area contributed by atoms with Crippen LogP contribution in [0.25, 0.3) is 0 Å². The molecule has 2 N–H and O–H groups in total. The Bertz CT molecular complexity index is 336. The summed E-state index contributed by atoms with van der Waals surface area (Å²) in [5, 5.41) is 6.79. The molecule has 1 rings (SSSR count). The highest BCUT2D eigenvalue weighted by Crippen LogP contribution is 2.04. The van der Waals surface area contributed by atoms with E-state index in [9.17, 15) is 0 Å². The first kappa shape index (κ1) is 2.74. The second-order valence-corrected chi connectivity index (χ2v) is 1.50. The van der Waals surface area contributed by atoms with Crippen molar-refractivity contribution in [3.63, 3.8) is 0 Å². The average Bonchev–Trinajstić information content (AvgIpc) is 2.06. The van der Waals surface area contributed by atoms with Crippen molar-refractivity contribution in [3.8, 4) is 5.88 Å². The molecule has 4 heteroatoms. The van der Waals surface area contributed by atoms with E-state index in [1.54, 1.807) is 0 Å². The monoisotopic (exact) mass is 144 g/mol. The van der Waals surface area contributed by atoms with Crippen LogP contribution in [0.4, 0.5) is 5.82 Å².